The van der Waals surface area contributed by atoms with Crippen LogP contribution in [0.4, 0.5) is 0 Å². The summed E-state index contributed by atoms with van der Waals surface area (Å²) in [6, 6.07) is 5.95. The normalized spacial score (nSPS) is 18.2. The first-order valence-corrected chi connectivity index (χ1v) is 10.2. The first kappa shape index (κ1) is 22.8. The van der Waals surface area contributed by atoms with Gasteiger partial charge in [-0.3, -0.25) is 9.69 Å². The molecule has 2 heterocycles. The molecule has 1 aromatic rings. The van der Waals surface area contributed by atoms with Crippen LogP contribution in [-0.2, 0) is 11.2 Å². The number of benzene rings is 1. The second-order valence-corrected chi connectivity index (χ2v) is 7.57. The number of hydrogen-bond donors (Lipinski definition) is 2. The van der Waals surface area contributed by atoms with Crippen molar-refractivity contribution in [3.05, 3.63) is 23.8 Å². The van der Waals surface area contributed by atoms with Crippen molar-refractivity contribution in [1.82, 2.24) is 15.5 Å². The van der Waals surface area contributed by atoms with Crippen LogP contribution in [0.3, 0.4) is 0 Å². The first-order chi connectivity index (χ1) is 13.2. The molecule has 1 atom stereocenters. The minimum atomic E-state index is -0.0597. The largest absolute Gasteiger partial charge is 0.486 e. The standard InChI is InChI=1S/C21H33N3O3.ClH/c1-16(24-11-7-17(8-12-24)5-9-22-2)21(25)23-10-6-18-3-4-19-20(15-18)27-14-13-26-19;/h3-4,15-17,22H,5-14H2,1-2H3,(H,23,25);1H. The summed E-state index contributed by atoms with van der Waals surface area (Å²) in [6.07, 6.45) is 4.41. The van der Waals surface area contributed by atoms with Gasteiger partial charge in [-0.05, 0) is 82.9 Å². The van der Waals surface area contributed by atoms with E-state index in [1.165, 1.54) is 19.3 Å². The molecule has 1 fully saturated rings. The molecule has 3 rings (SSSR count). The lowest BCUT2D eigenvalue weighted by Crippen LogP contribution is -2.48. The number of likely N-dealkylation sites (tertiary alicyclic amines) is 1. The molecule has 0 aliphatic carbocycles. The topological polar surface area (TPSA) is 62.8 Å². The second kappa shape index (κ2) is 11.5. The Morgan fingerprint density at radius 2 is 1.89 bits per heavy atom. The monoisotopic (exact) mass is 411 g/mol. The summed E-state index contributed by atoms with van der Waals surface area (Å²) in [5.74, 6) is 2.53. The minimum Gasteiger partial charge on any atom is -0.486 e. The Morgan fingerprint density at radius 3 is 2.61 bits per heavy atom. The fourth-order valence-corrected chi connectivity index (χ4v) is 3.86. The van der Waals surface area contributed by atoms with Crippen LogP contribution in [0.25, 0.3) is 0 Å². The second-order valence-electron chi connectivity index (χ2n) is 7.57. The lowest BCUT2D eigenvalue weighted by molar-refractivity contribution is -0.126. The van der Waals surface area contributed by atoms with Gasteiger partial charge in [0.25, 0.3) is 0 Å². The maximum atomic E-state index is 12.5. The van der Waals surface area contributed by atoms with Gasteiger partial charge in [-0.25, -0.2) is 0 Å². The van der Waals surface area contributed by atoms with E-state index in [1.54, 1.807) is 0 Å². The smallest absolute Gasteiger partial charge is 0.237 e. The molecule has 1 aromatic carbocycles. The van der Waals surface area contributed by atoms with Crippen molar-refractivity contribution in [3.63, 3.8) is 0 Å². The third-order valence-electron chi connectivity index (χ3n) is 5.70. The number of nitrogens with zero attached hydrogens (tertiary/aromatic N) is 1. The number of amides is 1. The Morgan fingerprint density at radius 1 is 1.18 bits per heavy atom. The van der Waals surface area contributed by atoms with Crippen LogP contribution < -0.4 is 20.1 Å². The third kappa shape index (κ3) is 6.26. The number of hydrogen-bond acceptors (Lipinski definition) is 5. The first-order valence-electron chi connectivity index (χ1n) is 10.2. The number of halogens is 1. The highest BCUT2D eigenvalue weighted by atomic mass is 35.5. The molecular weight excluding hydrogens is 378 g/mol. The Kier molecular flexibility index (Phi) is 9.35. The van der Waals surface area contributed by atoms with E-state index < -0.39 is 0 Å². The average Bonchev–Trinajstić information content (AvgIpc) is 2.72. The predicted molar refractivity (Wildman–Crippen MR) is 114 cm³/mol. The van der Waals surface area contributed by atoms with Gasteiger partial charge in [0.05, 0.1) is 6.04 Å². The molecule has 1 saturated heterocycles. The zero-order valence-electron chi connectivity index (χ0n) is 17.0. The van der Waals surface area contributed by atoms with Crippen LogP contribution in [0.5, 0.6) is 11.5 Å². The summed E-state index contributed by atoms with van der Waals surface area (Å²) in [5, 5.41) is 6.32. The minimum absolute atomic E-state index is 0. The summed E-state index contributed by atoms with van der Waals surface area (Å²) >= 11 is 0. The van der Waals surface area contributed by atoms with E-state index in [2.05, 4.69) is 15.5 Å². The molecule has 0 radical (unpaired) electrons. The molecule has 0 spiro atoms. The fourth-order valence-electron chi connectivity index (χ4n) is 3.86. The molecule has 0 aromatic heterocycles. The van der Waals surface area contributed by atoms with E-state index in [-0.39, 0.29) is 24.4 Å². The summed E-state index contributed by atoms with van der Waals surface area (Å²) in [4.78, 5) is 14.8. The van der Waals surface area contributed by atoms with Gasteiger partial charge < -0.3 is 20.1 Å². The van der Waals surface area contributed by atoms with E-state index in [1.807, 2.05) is 32.2 Å². The third-order valence-corrected chi connectivity index (χ3v) is 5.70. The van der Waals surface area contributed by atoms with Crippen molar-refractivity contribution in [1.29, 1.82) is 0 Å². The molecule has 0 bridgehead atoms. The molecule has 0 saturated carbocycles. The molecule has 6 nitrogen and oxygen atoms in total. The van der Waals surface area contributed by atoms with E-state index in [0.717, 1.165) is 49.0 Å². The molecule has 158 valence electrons. The molecule has 2 aliphatic rings. The van der Waals surface area contributed by atoms with Crippen LogP contribution in [0.2, 0.25) is 0 Å². The summed E-state index contributed by atoms with van der Waals surface area (Å²) in [5.41, 5.74) is 1.15. The van der Waals surface area contributed by atoms with E-state index in [9.17, 15) is 4.79 Å². The molecule has 2 N–H and O–H groups in total. The Bertz CT molecular complexity index is 621. The van der Waals surface area contributed by atoms with Crippen LogP contribution >= 0.6 is 12.4 Å². The Labute approximate surface area is 174 Å². The van der Waals surface area contributed by atoms with Crippen molar-refractivity contribution < 1.29 is 14.3 Å². The molecule has 1 unspecified atom stereocenters. The van der Waals surface area contributed by atoms with Crippen LogP contribution in [0.15, 0.2) is 18.2 Å². The van der Waals surface area contributed by atoms with Crippen LogP contribution in [0, 0.1) is 5.92 Å². The lowest BCUT2D eigenvalue weighted by atomic mass is 9.93. The maximum absolute atomic E-state index is 12.5. The molecule has 1 amide bonds. The zero-order valence-corrected chi connectivity index (χ0v) is 17.9. The molecule has 2 aliphatic heterocycles. The van der Waals surface area contributed by atoms with Gasteiger partial charge in [-0.15, -0.1) is 12.4 Å². The number of piperidine rings is 1. The van der Waals surface area contributed by atoms with E-state index in [0.29, 0.717) is 19.8 Å². The van der Waals surface area contributed by atoms with Crippen molar-refractivity contribution >= 4 is 18.3 Å². The number of nitrogens with one attached hydrogen (secondary N) is 2. The SMILES string of the molecule is CNCCC1CCN(C(C)C(=O)NCCc2ccc3c(c2)OCCO3)CC1.Cl. The van der Waals surface area contributed by atoms with Crippen molar-refractivity contribution in [3.8, 4) is 11.5 Å². The van der Waals surface area contributed by atoms with Gasteiger partial charge in [0.2, 0.25) is 5.91 Å². The highest BCUT2D eigenvalue weighted by molar-refractivity contribution is 5.85. The highest BCUT2D eigenvalue weighted by Gasteiger charge is 2.26. The molecule has 7 heteroatoms. The van der Waals surface area contributed by atoms with Gasteiger partial charge >= 0.3 is 0 Å². The summed E-state index contributed by atoms with van der Waals surface area (Å²) < 4.78 is 11.2. The maximum Gasteiger partial charge on any atom is 0.237 e. The summed E-state index contributed by atoms with van der Waals surface area (Å²) in [7, 11) is 2.01. The Balaban J connectivity index is 0.00000280. The average molecular weight is 412 g/mol. The van der Waals surface area contributed by atoms with Crippen LogP contribution in [-0.4, -0.2) is 63.3 Å². The van der Waals surface area contributed by atoms with Crippen molar-refractivity contribution in [2.45, 2.75) is 38.6 Å². The fraction of sp³-hybridized carbons (Fsp3) is 0.667. The summed E-state index contributed by atoms with van der Waals surface area (Å²) in [6.45, 7) is 6.98. The number of carbonyl (C=O) groups excluding carboxylic acids is 1. The quantitative estimate of drug-likeness (QED) is 0.687. The van der Waals surface area contributed by atoms with Crippen molar-refractivity contribution in [2.24, 2.45) is 5.92 Å². The van der Waals surface area contributed by atoms with Gasteiger partial charge in [-0.2, -0.15) is 0 Å². The Hall–Kier alpha value is -1.50. The van der Waals surface area contributed by atoms with Gasteiger partial charge in [0.15, 0.2) is 11.5 Å². The van der Waals surface area contributed by atoms with Gasteiger partial charge in [0, 0.05) is 6.54 Å². The van der Waals surface area contributed by atoms with E-state index >= 15 is 0 Å². The van der Waals surface area contributed by atoms with Crippen LogP contribution in [0.1, 0.15) is 31.7 Å². The number of carbonyl (C=O) groups is 1. The zero-order chi connectivity index (χ0) is 19.1. The highest BCUT2D eigenvalue weighted by Crippen LogP contribution is 2.30. The van der Waals surface area contributed by atoms with E-state index in [4.69, 9.17) is 9.47 Å². The molecule has 28 heavy (non-hydrogen) atoms. The van der Waals surface area contributed by atoms with Gasteiger partial charge in [0.1, 0.15) is 13.2 Å². The lowest BCUT2D eigenvalue weighted by Gasteiger charge is -2.35. The van der Waals surface area contributed by atoms with Crippen molar-refractivity contribution in [2.75, 3.05) is 46.4 Å². The molecular formula is C21H34ClN3O3. The number of fused-ring (bicyclic) bond motifs is 1. The number of rotatable bonds is 8. The number of ether oxygens (including phenoxy) is 2. The van der Waals surface area contributed by atoms with Gasteiger partial charge in [-0.1, -0.05) is 6.07 Å². The predicted octanol–water partition coefficient (Wildman–Crippen LogP) is 2.25.